The van der Waals surface area contributed by atoms with Crippen molar-refractivity contribution < 1.29 is 4.79 Å². The summed E-state index contributed by atoms with van der Waals surface area (Å²) >= 11 is 3.42. The van der Waals surface area contributed by atoms with E-state index in [0.717, 1.165) is 22.5 Å². The lowest BCUT2D eigenvalue weighted by atomic mass is 10.1. The molecule has 0 spiro atoms. The normalized spacial score (nSPS) is 24.1. The number of carbonyl (C=O) groups excluding carboxylic acids is 1. The minimum absolute atomic E-state index is 0.209. The van der Waals surface area contributed by atoms with Crippen LogP contribution in [-0.2, 0) is 0 Å². The summed E-state index contributed by atoms with van der Waals surface area (Å²) in [4.78, 5) is 14.5. The lowest BCUT2D eigenvalue weighted by Crippen LogP contribution is -2.36. The molecule has 0 unspecified atom stereocenters. The second kappa shape index (κ2) is 4.45. The number of rotatable bonds is 2. The minimum atomic E-state index is 0.209. The summed E-state index contributed by atoms with van der Waals surface area (Å²) in [5.74, 6) is 0.995. The van der Waals surface area contributed by atoms with Gasteiger partial charge < -0.3 is 4.90 Å². The minimum Gasteiger partial charge on any atom is -0.335 e. The molecule has 1 atom stereocenters. The van der Waals surface area contributed by atoms with Crippen molar-refractivity contribution in [2.24, 2.45) is 5.92 Å². The zero-order chi connectivity index (χ0) is 11.8. The van der Waals surface area contributed by atoms with E-state index in [0.29, 0.717) is 6.04 Å². The number of amides is 1. The van der Waals surface area contributed by atoms with Crippen molar-refractivity contribution in [2.75, 3.05) is 6.54 Å². The number of hydrogen-bond acceptors (Lipinski definition) is 1. The SMILES string of the molecule is O=C(c1cccc(Br)c1)N1CCC[C@H]1C1CC1. The Hall–Kier alpha value is -0.830. The molecule has 0 aromatic heterocycles. The molecular weight excluding hydrogens is 278 g/mol. The summed E-state index contributed by atoms with van der Waals surface area (Å²) < 4.78 is 0.977. The predicted octanol–water partition coefficient (Wildman–Crippen LogP) is 3.46. The Bertz CT molecular complexity index is 442. The van der Waals surface area contributed by atoms with Gasteiger partial charge >= 0.3 is 0 Å². The molecule has 1 saturated carbocycles. The van der Waals surface area contributed by atoms with Crippen LogP contribution in [-0.4, -0.2) is 23.4 Å². The highest BCUT2D eigenvalue weighted by molar-refractivity contribution is 9.10. The van der Waals surface area contributed by atoms with Gasteiger partial charge in [-0.25, -0.2) is 0 Å². The van der Waals surface area contributed by atoms with Crippen LogP contribution >= 0.6 is 15.9 Å². The van der Waals surface area contributed by atoms with Crippen LogP contribution in [0.3, 0.4) is 0 Å². The zero-order valence-corrected chi connectivity index (χ0v) is 11.3. The molecule has 0 radical (unpaired) electrons. The van der Waals surface area contributed by atoms with Crippen molar-refractivity contribution in [3.05, 3.63) is 34.3 Å². The van der Waals surface area contributed by atoms with E-state index in [1.165, 1.54) is 25.7 Å². The summed E-state index contributed by atoms with van der Waals surface area (Å²) in [6.45, 7) is 0.937. The Morgan fingerprint density at radius 1 is 1.29 bits per heavy atom. The quantitative estimate of drug-likeness (QED) is 0.818. The molecule has 3 rings (SSSR count). The van der Waals surface area contributed by atoms with E-state index < -0.39 is 0 Å². The largest absolute Gasteiger partial charge is 0.335 e. The number of halogens is 1. The Morgan fingerprint density at radius 3 is 2.82 bits per heavy atom. The lowest BCUT2D eigenvalue weighted by molar-refractivity contribution is 0.0721. The van der Waals surface area contributed by atoms with Crippen LogP contribution in [0, 0.1) is 5.92 Å². The monoisotopic (exact) mass is 293 g/mol. The van der Waals surface area contributed by atoms with Crippen LogP contribution in [0.1, 0.15) is 36.0 Å². The number of hydrogen-bond donors (Lipinski definition) is 0. The smallest absolute Gasteiger partial charge is 0.254 e. The van der Waals surface area contributed by atoms with Crippen molar-refractivity contribution in [1.29, 1.82) is 0 Å². The Labute approximate surface area is 110 Å². The van der Waals surface area contributed by atoms with E-state index in [2.05, 4.69) is 20.8 Å². The van der Waals surface area contributed by atoms with Gasteiger partial charge in [0.2, 0.25) is 0 Å². The van der Waals surface area contributed by atoms with Gasteiger partial charge in [-0.2, -0.15) is 0 Å². The highest BCUT2D eigenvalue weighted by Crippen LogP contribution is 2.40. The van der Waals surface area contributed by atoms with E-state index in [1.807, 2.05) is 24.3 Å². The molecule has 1 amide bonds. The van der Waals surface area contributed by atoms with E-state index >= 15 is 0 Å². The molecule has 0 N–H and O–H groups in total. The summed E-state index contributed by atoms with van der Waals surface area (Å²) in [6, 6.07) is 8.24. The van der Waals surface area contributed by atoms with Gasteiger partial charge in [-0.15, -0.1) is 0 Å². The van der Waals surface area contributed by atoms with E-state index in [4.69, 9.17) is 0 Å². The molecule has 2 nitrogen and oxygen atoms in total. The number of carbonyl (C=O) groups is 1. The second-order valence-electron chi connectivity index (χ2n) is 5.06. The summed E-state index contributed by atoms with van der Waals surface area (Å²) in [6.07, 6.45) is 4.99. The zero-order valence-electron chi connectivity index (χ0n) is 9.73. The van der Waals surface area contributed by atoms with Gasteiger partial charge in [-0.3, -0.25) is 4.79 Å². The van der Waals surface area contributed by atoms with Crippen molar-refractivity contribution in [2.45, 2.75) is 31.7 Å². The van der Waals surface area contributed by atoms with Crippen LogP contribution in [0.4, 0.5) is 0 Å². The van der Waals surface area contributed by atoms with E-state index in [1.54, 1.807) is 0 Å². The molecule has 1 aliphatic heterocycles. The Morgan fingerprint density at radius 2 is 2.12 bits per heavy atom. The van der Waals surface area contributed by atoms with E-state index in [-0.39, 0.29) is 5.91 Å². The molecule has 2 fully saturated rings. The fraction of sp³-hybridized carbons (Fsp3) is 0.500. The van der Waals surface area contributed by atoms with Gasteiger partial charge in [0.1, 0.15) is 0 Å². The maximum atomic E-state index is 12.4. The summed E-state index contributed by atoms with van der Waals surface area (Å²) in [5.41, 5.74) is 0.812. The average molecular weight is 294 g/mol. The highest BCUT2D eigenvalue weighted by Gasteiger charge is 2.40. The van der Waals surface area contributed by atoms with Gasteiger partial charge in [0, 0.05) is 22.6 Å². The fourth-order valence-corrected chi connectivity index (χ4v) is 3.20. The average Bonchev–Trinajstić information content (AvgIpc) is 3.06. The Balaban J connectivity index is 1.81. The highest BCUT2D eigenvalue weighted by atomic mass is 79.9. The van der Waals surface area contributed by atoms with Gasteiger partial charge in [-0.05, 0) is 49.8 Å². The predicted molar refractivity (Wildman–Crippen MR) is 70.9 cm³/mol. The standard InChI is InChI=1S/C14H16BrNO/c15-12-4-1-3-11(9-12)14(17)16-8-2-5-13(16)10-6-7-10/h1,3-4,9-10,13H,2,5-8H2/t13-/m0/s1. The molecular formula is C14H16BrNO. The van der Waals surface area contributed by atoms with Crippen LogP contribution in [0.2, 0.25) is 0 Å². The first-order valence-corrected chi connectivity index (χ1v) is 7.11. The molecule has 0 bridgehead atoms. The second-order valence-corrected chi connectivity index (χ2v) is 5.97. The molecule has 17 heavy (non-hydrogen) atoms. The molecule has 1 saturated heterocycles. The third kappa shape index (κ3) is 2.25. The fourth-order valence-electron chi connectivity index (χ4n) is 2.80. The third-order valence-corrected chi connectivity index (χ3v) is 4.29. The van der Waals surface area contributed by atoms with Crippen molar-refractivity contribution in [3.63, 3.8) is 0 Å². The Kier molecular flexibility index (Phi) is 2.95. The third-order valence-electron chi connectivity index (χ3n) is 3.80. The number of nitrogens with zero attached hydrogens (tertiary/aromatic N) is 1. The van der Waals surface area contributed by atoms with Gasteiger partial charge in [-0.1, -0.05) is 22.0 Å². The number of likely N-dealkylation sites (tertiary alicyclic amines) is 1. The number of benzene rings is 1. The van der Waals surface area contributed by atoms with Gasteiger partial charge in [0.15, 0.2) is 0 Å². The molecule has 1 aromatic carbocycles. The van der Waals surface area contributed by atoms with Crippen LogP contribution < -0.4 is 0 Å². The molecule has 1 heterocycles. The summed E-state index contributed by atoms with van der Waals surface area (Å²) in [7, 11) is 0. The van der Waals surface area contributed by atoms with Crippen LogP contribution in [0.15, 0.2) is 28.7 Å². The van der Waals surface area contributed by atoms with Crippen molar-refractivity contribution in [3.8, 4) is 0 Å². The first-order valence-electron chi connectivity index (χ1n) is 6.32. The van der Waals surface area contributed by atoms with E-state index in [9.17, 15) is 4.79 Å². The molecule has 1 aliphatic carbocycles. The summed E-state index contributed by atoms with van der Waals surface area (Å²) in [5, 5.41) is 0. The van der Waals surface area contributed by atoms with Crippen molar-refractivity contribution >= 4 is 21.8 Å². The van der Waals surface area contributed by atoms with Gasteiger partial charge in [0.05, 0.1) is 0 Å². The topological polar surface area (TPSA) is 20.3 Å². The lowest BCUT2D eigenvalue weighted by Gasteiger charge is -2.24. The molecule has 3 heteroatoms. The van der Waals surface area contributed by atoms with Crippen LogP contribution in [0.25, 0.3) is 0 Å². The molecule has 90 valence electrons. The molecule has 1 aromatic rings. The maximum absolute atomic E-state index is 12.4. The first-order chi connectivity index (χ1) is 8.25. The first kappa shape index (κ1) is 11.3. The van der Waals surface area contributed by atoms with Crippen molar-refractivity contribution in [1.82, 2.24) is 4.90 Å². The maximum Gasteiger partial charge on any atom is 0.254 e. The molecule has 2 aliphatic rings. The van der Waals surface area contributed by atoms with Crippen LogP contribution in [0.5, 0.6) is 0 Å². The van der Waals surface area contributed by atoms with Gasteiger partial charge in [0.25, 0.3) is 5.91 Å².